The van der Waals surface area contributed by atoms with Gasteiger partial charge in [0.2, 0.25) is 0 Å². The Kier molecular flexibility index (Phi) is 9.24. The van der Waals surface area contributed by atoms with Gasteiger partial charge in [-0.15, -0.1) is 0 Å². The van der Waals surface area contributed by atoms with Gasteiger partial charge in [-0.2, -0.15) is 0 Å². The third kappa shape index (κ3) is 7.43. The van der Waals surface area contributed by atoms with Gasteiger partial charge in [-0.05, 0) is 27.2 Å². The number of carbonyl (C=O) groups excluding carboxylic acids is 1. The Hall–Kier alpha value is -0.500. The molecule has 3 N–H and O–H groups in total. The van der Waals surface area contributed by atoms with E-state index in [-0.39, 0.29) is 0 Å². The van der Waals surface area contributed by atoms with Gasteiger partial charge in [-0.1, -0.05) is 0 Å². The summed E-state index contributed by atoms with van der Waals surface area (Å²) in [4.78, 5) is 10.5. The standard InChI is InChI=1S/C10H24N2O4S/c1-4-14-17(15-5-2,16-6-3)9-7-8-12-10(11)13/h4-9H2,1-3H3,(H3,11,12,13). The molecule has 0 radical (unpaired) electrons. The Balaban J connectivity index is 4.18. The Morgan fingerprint density at radius 2 is 1.59 bits per heavy atom. The Bertz CT molecular complexity index is 199. The number of hydrogen-bond donors (Lipinski definition) is 2. The van der Waals surface area contributed by atoms with E-state index in [1.807, 2.05) is 20.8 Å². The van der Waals surface area contributed by atoms with Crippen LogP contribution in [0.2, 0.25) is 0 Å². The van der Waals surface area contributed by atoms with Crippen LogP contribution in [0.25, 0.3) is 0 Å². The first-order chi connectivity index (χ1) is 8.10. The number of rotatable bonds is 10. The lowest BCUT2D eigenvalue weighted by Crippen LogP contribution is -2.31. The van der Waals surface area contributed by atoms with Crippen molar-refractivity contribution in [2.75, 3.05) is 32.1 Å². The first-order valence-corrected chi connectivity index (χ1v) is 7.45. The van der Waals surface area contributed by atoms with Gasteiger partial charge in [0.05, 0.1) is 30.7 Å². The molecule has 0 aromatic carbocycles. The van der Waals surface area contributed by atoms with E-state index >= 15 is 0 Å². The van der Waals surface area contributed by atoms with E-state index in [1.165, 1.54) is 0 Å². The molecule has 0 heterocycles. The fraction of sp³-hybridized carbons (Fsp3) is 0.900. The van der Waals surface area contributed by atoms with Gasteiger partial charge in [-0.3, -0.25) is 12.5 Å². The Morgan fingerprint density at radius 3 is 1.94 bits per heavy atom. The molecule has 17 heavy (non-hydrogen) atoms. The van der Waals surface area contributed by atoms with Crippen molar-refractivity contribution in [1.29, 1.82) is 0 Å². The van der Waals surface area contributed by atoms with Crippen molar-refractivity contribution in [3.63, 3.8) is 0 Å². The number of nitrogens with one attached hydrogen (secondary N) is 1. The summed E-state index contributed by atoms with van der Waals surface area (Å²) in [5, 5.41) is 2.53. The van der Waals surface area contributed by atoms with Crippen LogP contribution in [0, 0.1) is 0 Å². The van der Waals surface area contributed by atoms with Crippen molar-refractivity contribution in [1.82, 2.24) is 5.32 Å². The maximum Gasteiger partial charge on any atom is 0.312 e. The van der Waals surface area contributed by atoms with Gasteiger partial charge in [0.1, 0.15) is 0 Å². The molecule has 0 aromatic heterocycles. The van der Waals surface area contributed by atoms with E-state index in [0.717, 1.165) is 0 Å². The molecule has 6 nitrogen and oxygen atoms in total. The molecule has 0 saturated heterocycles. The van der Waals surface area contributed by atoms with E-state index in [1.54, 1.807) is 0 Å². The van der Waals surface area contributed by atoms with Crippen molar-refractivity contribution in [2.45, 2.75) is 27.2 Å². The topological polar surface area (TPSA) is 82.8 Å². The number of nitrogens with two attached hydrogens (primary N) is 1. The highest BCUT2D eigenvalue weighted by molar-refractivity contribution is 8.21. The lowest BCUT2D eigenvalue weighted by Gasteiger charge is -2.36. The highest BCUT2D eigenvalue weighted by atomic mass is 32.3. The summed E-state index contributed by atoms with van der Waals surface area (Å²) in [7, 11) is -1.94. The maximum atomic E-state index is 10.5. The van der Waals surface area contributed by atoms with Crippen LogP contribution < -0.4 is 11.1 Å². The van der Waals surface area contributed by atoms with Crippen molar-refractivity contribution in [3.05, 3.63) is 0 Å². The molecule has 0 aliphatic heterocycles. The molecule has 0 rings (SSSR count). The molecule has 0 saturated carbocycles. The molecule has 2 amide bonds. The monoisotopic (exact) mass is 268 g/mol. The minimum Gasteiger partial charge on any atom is -0.352 e. The van der Waals surface area contributed by atoms with Gasteiger partial charge in [-0.25, -0.2) is 4.79 Å². The molecule has 0 fully saturated rings. The second kappa shape index (κ2) is 9.52. The van der Waals surface area contributed by atoms with Crippen molar-refractivity contribution in [3.8, 4) is 0 Å². The molecular formula is C10H24N2O4S. The molecule has 0 atom stereocenters. The van der Waals surface area contributed by atoms with E-state index in [4.69, 9.17) is 18.3 Å². The van der Waals surface area contributed by atoms with Gasteiger partial charge in [0, 0.05) is 12.3 Å². The number of carbonyl (C=O) groups is 1. The van der Waals surface area contributed by atoms with Crippen LogP contribution in [0.4, 0.5) is 4.79 Å². The first-order valence-electron chi connectivity index (χ1n) is 5.87. The zero-order chi connectivity index (χ0) is 13.1. The summed E-state index contributed by atoms with van der Waals surface area (Å²) in [5.74, 6) is 0.628. The van der Waals surface area contributed by atoms with E-state index in [9.17, 15) is 4.79 Å². The minimum atomic E-state index is -1.94. The molecule has 0 bridgehead atoms. The van der Waals surface area contributed by atoms with Crippen LogP contribution in [0.3, 0.4) is 0 Å². The van der Waals surface area contributed by atoms with Crippen LogP contribution in [-0.4, -0.2) is 38.1 Å². The van der Waals surface area contributed by atoms with Gasteiger partial charge in [0.25, 0.3) is 0 Å². The van der Waals surface area contributed by atoms with Gasteiger partial charge in [0.15, 0.2) is 0 Å². The number of amides is 2. The largest absolute Gasteiger partial charge is 0.352 e. The predicted octanol–water partition coefficient (Wildman–Crippen LogP) is 1.70. The molecule has 0 aliphatic rings. The lowest BCUT2D eigenvalue weighted by atomic mass is 10.5. The van der Waals surface area contributed by atoms with Crippen LogP contribution in [0.1, 0.15) is 27.2 Å². The molecule has 7 heteroatoms. The molecule has 0 spiro atoms. The Labute approximate surface area is 105 Å². The van der Waals surface area contributed by atoms with Crippen molar-refractivity contribution < 1.29 is 17.3 Å². The lowest BCUT2D eigenvalue weighted by molar-refractivity contribution is 0.185. The van der Waals surface area contributed by atoms with Crippen molar-refractivity contribution >= 4 is 16.9 Å². The van der Waals surface area contributed by atoms with Crippen LogP contribution in [0.5, 0.6) is 0 Å². The van der Waals surface area contributed by atoms with Crippen molar-refractivity contribution in [2.24, 2.45) is 5.73 Å². The second-order valence-electron chi connectivity index (χ2n) is 3.13. The van der Waals surface area contributed by atoms with Crippen LogP contribution in [0.15, 0.2) is 0 Å². The zero-order valence-corrected chi connectivity index (χ0v) is 11.7. The molecule has 0 unspecified atom stereocenters. The molecule has 0 aromatic rings. The maximum absolute atomic E-state index is 10.5. The fourth-order valence-corrected chi connectivity index (χ4v) is 3.41. The summed E-state index contributed by atoms with van der Waals surface area (Å²) >= 11 is 0. The average molecular weight is 268 g/mol. The highest BCUT2D eigenvalue weighted by Gasteiger charge is 2.25. The third-order valence-electron chi connectivity index (χ3n) is 1.76. The molecular weight excluding hydrogens is 244 g/mol. The van der Waals surface area contributed by atoms with E-state index in [0.29, 0.717) is 38.5 Å². The zero-order valence-electron chi connectivity index (χ0n) is 10.9. The summed E-state index contributed by atoms with van der Waals surface area (Å²) in [5.41, 5.74) is 4.98. The SMILES string of the molecule is CCOS(CCCNC(N)=O)(OCC)OCC. The number of primary amides is 1. The number of hydrogen-bond acceptors (Lipinski definition) is 4. The fourth-order valence-electron chi connectivity index (χ4n) is 1.28. The van der Waals surface area contributed by atoms with Gasteiger partial charge < -0.3 is 11.1 Å². The normalized spacial score (nSPS) is 12.4. The predicted molar refractivity (Wildman–Crippen MR) is 69.5 cm³/mol. The smallest absolute Gasteiger partial charge is 0.312 e. The second-order valence-corrected chi connectivity index (χ2v) is 5.36. The van der Waals surface area contributed by atoms with Gasteiger partial charge >= 0.3 is 6.03 Å². The summed E-state index contributed by atoms with van der Waals surface area (Å²) < 4.78 is 16.8. The van der Waals surface area contributed by atoms with Crippen LogP contribution in [-0.2, 0) is 12.5 Å². The van der Waals surface area contributed by atoms with E-state index < -0.39 is 16.9 Å². The number of urea groups is 1. The van der Waals surface area contributed by atoms with Crippen LogP contribution >= 0.6 is 10.9 Å². The minimum absolute atomic E-state index is 0.497. The molecule has 104 valence electrons. The molecule has 0 aliphatic carbocycles. The quantitative estimate of drug-likeness (QED) is 0.591. The Morgan fingerprint density at radius 1 is 1.12 bits per heavy atom. The summed E-state index contributed by atoms with van der Waals surface area (Å²) in [6.07, 6.45) is 0.707. The third-order valence-corrected chi connectivity index (χ3v) is 4.34. The van der Waals surface area contributed by atoms with E-state index in [2.05, 4.69) is 5.32 Å². The highest BCUT2D eigenvalue weighted by Crippen LogP contribution is 2.51. The summed E-state index contributed by atoms with van der Waals surface area (Å²) in [6, 6.07) is -0.519. The first kappa shape index (κ1) is 16.5. The summed E-state index contributed by atoms with van der Waals surface area (Å²) in [6.45, 7) is 7.83. The average Bonchev–Trinajstić information content (AvgIpc) is 2.25.